The normalized spacial score (nSPS) is 52.4. The monoisotopic (exact) mass is 868 g/mol. The smallest absolute Gasteiger partial charge is 0.331 e. The first-order valence-corrected chi connectivity index (χ1v) is 22.5. The number of ether oxygens (including phenoxy) is 9. The van der Waals surface area contributed by atoms with Crippen LogP contribution in [-0.4, -0.2) is 161 Å². The molecule has 6 N–H and O–H groups in total. The lowest BCUT2D eigenvalue weighted by atomic mass is 9.43. The average molecular weight is 869 g/mol. The van der Waals surface area contributed by atoms with Gasteiger partial charge in [0, 0.05) is 50.7 Å². The number of esters is 2. The third kappa shape index (κ3) is 8.14. The summed E-state index contributed by atoms with van der Waals surface area (Å²) < 4.78 is 54.0. The highest BCUT2D eigenvalue weighted by molar-refractivity contribution is 5.85. The van der Waals surface area contributed by atoms with Crippen molar-refractivity contribution in [2.45, 2.75) is 197 Å². The molecule has 22 atom stereocenters. The summed E-state index contributed by atoms with van der Waals surface area (Å²) in [5.74, 6) is -0.394. The van der Waals surface area contributed by atoms with Gasteiger partial charge in [0.25, 0.3) is 0 Å². The molecule has 3 saturated heterocycles. The SMILES string of the molecule is CO[C@H]1C[C@H](O[C@H]2[C@@H](O)C[C@H](O[C@H]3CC[C@@]4(C)[C@H](CC[C@@H]5[C@@H]4CC[C@]4(C)[C@@H](C6=CC(=O)OC6)[C@@H](OC(C)=O)C[C@]54O)C3)O[C@@H]2C)O[C@H](C)[C@H]1O[C@@H]1O[C@H](CO)[C@@H](O)[C@H](O)[C@H]1O. The average Bonchev–Trinajstić information content (AvgIpc) is 3.72. The van der Waals surface area contributed by atoms with E-state index in [1.165, 1.54) is 20.1 Å². The van der Waals surface area contributed by atoms with E-state index in [4.69, 9.17) is 42.6 Å². The summed E-state index contributed by atoms with van der Waals surface area (Å²) in [6.07, 6.45) is -4.97. The molecular weight excluding hydrogens is 800 g/mol. The number of cyclic esters (lactones) is 1. The summed E-state index contributed by atoms with van der Waals surface area (Å²) in [6, 6.07) is 0. The Balaban J connectivity index is 0.854. The number of rotatable bonds is 10. The topological polar surface area (TPSA) is 239 Å². The molecule has 4 heterocycles. The maximum absolute atomic E-state index is 12.9. The molecule has 4 aliphatic heterocycles. The molecule has 0 aromatic carbocycles. The highest BCUT2D eigenvalue weighted by atomic mass is 16.7. The molecule has 8 aliphatic rings. The molecule has 8 rings (SSSR count). The third-order valence-corrected chi connectivity index (χ3v) is 16.6. The van der Waals surface area contributed by atoms with E-state index in [9.17, 15) is 40.2 Å². The van der Waals surface area contributed by atoms with Crippen LogP contribution >= 0.6 is 0 Å². The molecule has 346 valence electrons. The van der Waals surface area contributed by atoms with E-state index < -0.39 is 116 Å². The molecule has 4 saturated carbocycles. The number of aliphatic hydroxyl groups excluding tert-OH is 5. The maximum Gasteiger partial charge on any atom is 0.331 e. The van der Waals surface area contributed by atoms with Gasteiger partial charge in [0.2, 0.25) is 0 Å². The zero-order valence-corrected chi connectivity index (χ0v) is 36.2. The minimum absolute atomic E-state index is 0.0181. The van der Waals surface area contributed by atoms with Crippen LogP contribution < -0.4 is 0 Å². The van der Waals surface area contributed by atoms with Crippen molar-refractivity contribution in [3.63, 3.8) is 0 Å². The van der Waals surface area contributed by atoms with E-state index in [1.807, 2.05) is 6.92 Å². The molecule has 0 spiro atoms. The van der Waals surface area contributed by atoms with Crippen LogP contribution in [0.5, 0.6) is 0 Å². The molecule has 0 aromatic rings. The van der Waals surface area contributed by atoms with Crippen LogP contribution in [-0.2, 0) is 52.2 Å². The molecular formula is C44H68O17. The molecule has 0 amide bonds. The van der Waals surface area contributed by atoms with Crippen LogP contribution in [0, 0.1) is 34.5 Å². The molecule has 17 nitrogen and oxygen atoms in total. The van der Waals surface area contributed by atoms with Gasteiger partial charge in [0.1, 0.15) is 49.3 Å². The van der Waals surface area contributed by atoms with Crippen molar-refractivity contribution in [3.8, 4) is 0 Å². The second kappa shape index (κ2) is 17.5. The Labute approximate surface area is 357 Å². The minimum Gasteiger partial charge on any atom is -0.462 e. The molecule has 0 bridgehead atoms. The van der Waals surface area contributed by atoms with Gasteiger partial charge in [-0.1, -0.05) is 13.8 Å². The number of hydrogen-bond acceptors (Lipinski definition) is 17. The van der Waals surface area contributed by atoms with Crippen molar-refractivity contribution in [2.24, 2.45) is 34.5 Å². The fourth-order valence-electron chi connectivity index (χ4n) is 13.4. The highest BCUT2D eigenvalue weighted by Crippen LogP contribution is 2.70. The van der Waals surface area contributed by atoms with Gasteiger partial charge in [0.05, 0.1) is 42.7 Å². The van der Waals surface area contributed by atoms with Crippen molar-refractivity contribution < 1.29 is 82.9 Å². The fraction of sp³-hybridized carbons (Fsp3) is 0.909. The van der Waals surface area contributed by atoms with Crippen molar-refractivity contribution >= 4 is 11.9 Å². The van der Waals surface area contributed by atoms with Gasteiger partial charge in [-0.25, -0.2) is 4.79 Å². The number of carbonyl (C=O) groups is 2. The van der Waals surface area contributed by atoms with Gasteiger partial charge in [-0.05, 0) is 87.5 Å². The van der Waals surface area contributed by atoms with Gasteiger partial charge in [-0.2, -0.15) is 0 Å². The summed E-state index contributed by atoms with van der Waals surface area (Å²) in [7, 11) is 1.50. The molecule has 7 fully saturated rings. The van der Waals surface area contributed by atoms with Crippen LogP contribution in [0.15, 0.2) is 11.6 Å². The Bertz CT molecular complexity index is 1620. The van der Waals surface area contributed by atoms with Crippen molar-refractivity contribution in [3.05, 3.63) is 11.6 Å². The summed E-state index contributed by atoms with van der Waals surface area (Å²) in [4.78, 5) is 24.5. The number of methoxy groups -OCH3 is 1. The van der Waals surface area contributed by atoms with Crippen LogP contribution in [0.1, 0.15) is 98.8 Å². The van der Waals surface area contributed by atoms with Gasteiger partial charge in [-0.3, -0.25) is 4.79 Å². The lowest BCUT2D eigenvalue weighted by Gasteiger charge is -2.63. The van der Waals surface area contributed by atoms with Gasteiger partial charge >= 0.3 is 11.9 Å². The maximum atomic E-state index is 12.9. The Morgan fingerprint density at radius 1 is 0.836 bits per heavy atom. The number of aliphatic hydroxyl groups is 6. The molecule has 4 aliphatic carbocycles. The van der Waals surface area contributed by atoms with Gasteiger partial charge < -0.3 is 73.3 Å². The fourth-order valence-corrected chi connectivity index (χ4v) is 13.4. The van der Waals surface area contributed by atoms with E-state index in [1.54, 1.807) is 6.92 Å². The number of hydrogen-bond donors (Lipinski definition) is 6. The minimum atomic E-state index is -1.59. The summed E-state index contributed by atoms with van der Waals surface area (Å²) in [5, 5.41) is 64.8. The zero-order chi connectivity index (χ0) is 43.8. The van der Waals surface area contributed by atoms with Crippen molar-refractivity contribution in [2.75, 3.05) is 20.3 Å². The van der Waals surface area contributed by atoms with E-state index in [0.717, 1.165) is 50.5 Å². The van der Waals surface area contributed by atoms with Crippen LogP contribution in [0.3, 0.4) is 0 Å². The van der Waals surface area contributed by atoms with Crippen molar-refractivity contribution in [1.29, 1.82) is 0 Å². The predicted octanol–water partition coefficient (Wildman–Crippen LogP) is 1.39. The quantitative estimate of drug-likeness (QED) is 0.134. The zero-order valence-electron chi connectivity index (χ0n) is 36.2. The summed E-state index contributed by atoms with van der Waals surface area (Å²) in [5.41, 5.74) is -0.851. The molecule has 0 aromatic heterocycles. The third-order valence-electron chi connectivity index (χ3n) is 16.6. The Morgan fingerprint density at radius 2 is 1.56 bits per heavy atom. The number of fused-ring (bicyclic) bond motifs is 5. The van der Waals surface area contributed by atoms with E-state index in [2.05, 4.69) is 13.8 Å². The summed E-state index contributed by atoms with van der Waals surface area (Å²) in [6.45, 7) is 9.06. The van der Waals surface area contributed by atoms with E-state index >= 15 is 0 Å². The number of carbonyl (C=O) groups excluding carboxylic acids is 2. The first-order chi connectivity index (χ1) is 28.9. The van der Waals surface area contributed by atoms with Crippen molar-refractivity contribution in [1.82, 2.24) is 0 Å². The largest absolute Gasteiger partial charge is 0.462 e. The standard InChI is InChI=1S/C44H68O17/c1-20-39(60-34-16-29(53-6)40(21(2)56-34)61-41-38(51)37(50)36(49)31(18-45)59-41)28(47)15-33(55-20)58-25-9-11-42(4)24(14-25)7-8-27-26(42)10-12-43(5)35(23-13-32(48)54-19-23)30(57-22(3)46)17-44(27,43)52/h13,20-21,24-31,33-41,45,47,49-52H,7-12,14-19H2,1-6H3/t20-,21-,24-,25+,26+,27-,28+,29+,30+,31-,33+,34+,35+,36-,37+,38-,39-,40-,41+,42+,43-,44+/m1/s1. The first-order valence-electron chi connectivity index (χ1n) is 22.5. The summed E-state index contributed by atoms with van der Waals surface area (Å²) >= 11 is 0. The van der Waals surface area contributed by atoms with Gasteiger partial charge in [0.15, 0.2) is 18.9 Å². The second-order valence-electron chi connectivity index (χ2n) is 19.8. The molecule has 0 unspecified atom stereocenters. The second-order valence-corrected chi connectivity index (χ2v) is 19.8. The Morgan fingerprint density at radius 3 is 2.21 bits per heavy atom. The molecule has 61 heavy (non-hydrogen) atoms. The predicted molar refractivity (Wildman–Crippen MR) is 210 cm³/mol. The molecule has 17 heteroatoms. The van der Waals surface area contributed by atoms with Gasteiger partial charge in [-0.15, -0.1) is 0 Å². The Kier molecular flexibility index (Phi) is 13.1. The Hall–Kier alpha value is -1.84. The lowest BCUT2D eigenvalue weighted by Crippen LogP contribution is -2.62. The van der Waals surface area contributed by atoms with E-state index in [0.29, 0.717) is 12.3 Å². The van der Waals surface area contributed by atoms with Crippen LogP contribution in [0.2, 0.25) is 0 Å². The highest BCUT2D eigenvalue weighted by Gasteiger charge is 2.71. The van der Waals surface area contributed by atoms with Crippen LogP contribution in [0.25, 0.3) is 0 Å². The first kappa shape index (κ1) is 45.7. The molecule has 0 radical (unpaired) electrons. The van der Waals surface area contributed by atoms with Crippen LogP contribution in [0.4, 0.5) is 0 Å². The van der Waals surface area contributed by atoms with E-state index in [-0.39, 0.29) is 48.7 Å². The lowest BCUT2D eigenvalue weighted by molar-refractivity contribution is -0.353.